The number of nitrogens with one attached hydrogen (secondary N) is 1. The third-order valence-corrected chi connectivity index (χ3v) is 5.04. The van der Waals surface area contributed by atoms with Crippen molar-refractivity contribution in [2.45, 2.75) is 52.2 Å². The molecule has 2 N–H and O–H groups in total. The van der Waals surface area contributed by atoms with Gasteiger partial charge in [-0.15, -0.1) is 0 Å². The Morgan fingerprint density at radius 1 is 1.31 bits per heavy atom. The summed E-state index contributed by atoms with van der Waals surface area (Å²) in [6, 6.07) is 9.31. The predicted molar refractivity (Wildman–Crippen MR) is 101 cm³/mol. The summed E-state index contributed by atoms with van der Waals surface area (Å²) < 4.78 is 1.79. The highest BCUT2D eigenvalue weighted by molar-refractivity contribution is 5.80. The number of carbonyl (C=O) groups excluding carboxylic acids is 1. The first-order valence-electron chi connectivity index (χ1n) is 9.26. The van der Waals surface area contributed by atoms with Gasteiger partial charge in [0.1, 0.15) is 11.8 Å². The Kier molecular flexibility index (Phi) is 5.61. The molecule has 140 valence electrons. The molecule has 1 amide bonds. The van der Waals surface area contributed by atoms with Crippen LogP contribution in [-0.4, -0.2) is 44.8 Å². The molecule has 0 bridgehead atoms. The molecule has 1 fully saturated rings. The second-order valence-electron chi connectivity index (χ2n) is 7.28. The van der Waals surface area contributed by atoms with Gasteiger partial charge in [-0.2, -0.15) is 5.10 Å². The highest BCUT2D eigenvalue weighted by atomic mass is 16.3. The van der Waals surface area contributed by atoms with Gasteiger partial charge in [-0.25, -0.2) is 0 Å². The largest absolute Gasteiger partial charge is 0.508 e. The quantitative estimate of drug-likeness (QED) is 0.864. The van der Waals surface area contributed by atoms with Crippen molar-refractivity contribution in [1.82, 2.24) is 20.0 Å². The number of phenols is 1. The lowest BCUT2D eigenvalue weighted by molar-refractivity contribution is -0.125. The molecule has 0 unspecified atom stereocenters. The lowest BCUT2D eigenvalue weighted by Crippen LogP contribution is -2.46. The predicted octanol–water partition coefficient (Wildman–Crippen LogP) is 2.55. The Morgan fingerprint density at radius 2 is 2.04 bits per heavy atom. The van der Waals surface area contributed by atoms with Gasteiger partial charge in [0.25, 0.3) is 0 Å². The number of amides is 1. The molecule has 26 heavy (non-hydrogen) atoms. The maximum atomic E-state index is 12.6. The van der Waals surface area contributed by atoms with E-state index in [1.165, 1.54) is 0 Å². The molecule has 1 aliphatic heterocycles. The molecule has 2 aromatic rings. The van der Waals surface area contributed by atoms with Gasteiger partial charge in [-0.05, 0) is 57.4 Å². The third-order valence-electron chi connectivity index (χ3n) is 5.04. The number of likely N-dealkylation sites (tertiary alicyclic amines) is 1. The van der Waals surface area contributed by atoms with Gasteiger partial charge in [-0.3, -0.25) is 14.4 Å². The second kappa shape index (κ2) is 7.91. The van der Waals surface area contributed by atoms with E-state index in [2.05, 4.69) is 15.3 Å². The first-order chi connectivity index (χ1) is 12.4. The van der Waals surface area contributed by atoms with Crippen molar-refractivity contribution >= 4 is 5.91 Å². The molecule has 0 saturated carbocycles. The number of nitrogens with zero attached hydrogens (tertiary/aromatic N) is 3. The van der Waals surface area contributed by atoms with Crippen LogP contribution in [0.5, 0.6) is 5.75 Å². The third kappa shape index (κ3) is 4.43. The summed E-state index contributed by atoms with van der Waals surface area (Å²) in [5, 5.41) is 17.2. The molecule has 0 radical (unpaired) electrons. The van der Waals surface area contributed by atoms with Crippen molar-refractivity contribution in [3.63, 3.8) is 0 Å². The molecular weight excluding hydrogens is 328 g/mol. The summed E-state index contributed by atoms with van der Waals surface area (Å²) in [5.41, 5.74) is 3.05. The normalized spacial score (nSPS) is 17.2. The average Bonchev–Trinajstić information content (AvgIpc) is 2.94. The lowest BCUT2D eigenvalue weighted by atomic mass is 10.0. The zero-order chi connectivity index (χ0) is 18.7. The molecule has 2 heterocycles. The van der Waals surface area contributed by atoms with E-state index in [1.54, 1.807) is 10.7 Å². The van der Waals surface area contributed by atoms with E-state index in [1.807, 2.05) is 45.0 Å². The maximum absolute atomic E-state index is 12.6. The molecule has 1 saturated heterocycles. The van der Waals surface area contributed by atoms with E-state index < -0.39 is 0 Å². The van der Waals surface area contributed by atoms with Crippen LogP contribution >= 0.6 is 0 Å². The van der Waals surface area contributed by atoms with Gasteiger partial charge in [-0.1, -0.05) is 12.1 Å². The fraction of sp³-hybridized carbons (Fsp3) is 0.500. The first kappa shape index (κ1) is 18.5. The van der Waals surface area contributed by atoms with E-state index in [4.69, 9.17) is 0 Å². The number of aromatic hydroxyl groups is 1. The second-order valence-corrected chi connectivity index (χ2v) is 7.28. The monoisotopic (exact) mass is 356 g/mol. The number of aryl methyl sites for hydroxylation is 2. The number of benzene rings is 1. The van der Waals surface area contributed by atoms with Crippen LogP contribution in [0.15, 0.2) is 30.3 Å². The van der Waals surface area contributed by atoms with Gasteiger partial charge in [0, 0.05) is 31.4 Å². The number of rotatable bonds is 5. The summed E-state index contributed by atoms with van der Waals surface area (Å²) in [6.07, 6.45) is 1.88. The molecular formula is C20H28N4O2. The molecule has 6 heteroatoms. The van der Waals surface area contributed by atoms with E-state index in [0.717, 1.165) is 49.4 Å². The molecule has 1 aromatic carbocycles. The molecule has 3 rings (SSSR count). The maximum Gasteiger partial charge on any atom is 0.244 e. The molecule has 1 aromatic heterocycles. The molecule has 1 atom stereocenters. The van der Waals surface area contributed by atoms with Crippen LogP contribution in [0.3, 0.4) is 0 Å². The van der Waals surface area contributed by atoms with Crippen LogP contribution in [0.2, 0.25) is 0 Å². The van der Waals surface area contributed by atoms with Crippen LogP contribution in [0.4, 0.5) is 0 Å². The molecule has 1 aliphatic rings. The topological polar surface area (TPSA) is 70.4 Å². The van der Waals surface area contributed by atoms with Crippen molar-refractivity contribution in [2.24, 2.45) is 0 Å². The zero-order valence-corrected chi connectivity index (χ0v) is 15.8. The van der Waals surface area contributed by atoms with Crippen LogP contribution in [-0.2, 0) is 11.3 Å². The molecule has 6 nitrogen and oxygen atoms in total. The van der Waals surface area contributed by atoms with E-state index in [0.29, 0.717) is 5.75 Å². The zero-order valence-electron chi connectivity index (χ0n) is 15.8. The lowest BCUT2D eigenvalue weighted by Gasteiger charge is -2.33. The van der Waals surface area contributed by atoms with Crippen molar-refractivity contribution < 1.29 is 9.90 Å². The fourth-order valence-corrected chi connectivity index (χ4v) is 3.62. The van der Waals surface area contributed by atoms with Crippen LogP contribution in [0.1, 0.15) is 42.8 Å². The van der Waals surface area contributed by atoms with Crippen molar-refractivity contribution in [3.05, 3.63) is 47.3 Å². The highest BCUT2D eigenvalue weighted by Gasteiger charge is 2.24. The summed E-state index contributed by atoms with van der Waals surface area (Å²) in [5.74, 6) is 0.338. The Hall–Kier alpha value is -2.34. The van der Waals surface area contributed by atoms with E-state index >= 15 is 0 Å². The Labute approximate surface area is 154 Å². The standard InChI is InChI=1S/C20H28N4O2/c1-14-11-15(2)24(22-14)16(3)20(26)21-18-7-9-23(10-8-18)13-17-5-4-6-19(25)12-17/h4-6,11-12,16,18,25H,7-10,13H2,1-3H3,(H,21,26)/t16-/m1/s1. The number of carbonyl (C=O) groups is 1. The SMILES string of the molecule is Cc1cc(C)n([C@H](C)C(=O)NC2CCN(Cc3cccc(O)c3)CC2)n1. The van der Waals surface area contributed by atoms with Gasteiger partial charge in [0.2, 0.25) is 5.91 Å². The Balaban J connectivity index is 1.49. The summed E-state index contributed by atoms with van der Waals surface area (Å²) >= 11 is 0. The Morgan fingerprint density at radius 3 is 2.65 bits per heavy atom. The highest BCUT2D eigenvalue weighted by Crippen LogP contribution is 2.18. The average molecular weight is 356 g/mol. The summed E-state index contributed by atoms with van der Waals surface area (Å²) in [7, 11) is 0. The minimum Gasteiger partial charge on any atom is -0.508 e. The van der Waals surface area contributed by atoms with Crippen LogP contribution in [0.25, 0.3) is 0 Å². The van der Waals surface area contributed by atoms with Gasteiger partial charge >= 0.3 is 0 Å². The van der Waals surface area contributed by atoms with E-state index in [-0.39, 0.29) is 18.0 Å². The van der Waals surface area contributed by atoms with Crippen molar-refractivity contribution in [2.75, 3.05) is 13.1 Å². The van der Waals surface area contributed by atoms with Crippen molar-refractivity contribution in [3.8, 4) is 5.75 Å². The minimum absolute atomic E-state index is 0.0302. The summed E-state index contributed by atoms with van der Waals surface area (Å²) in [6.45, 7) is 8.52. The summed E-state index contributed by atoms with van der Waals surface area (Å²) in [4.78, 5) is 14.9. The van der Waals surface area contributed by atoms with Crippen LogP contribution < -0.4 is 5.32 Å². The number of aromatic nitrogens is 2. The smallest absolute Gasteiger partial charge is 0.244 e. The molecule has 0 spiro atoms. The minimum atomic E-state index is -0.297. The molecule has 0 aliphatic carbocycles. The van der Waals surface area contributed by atoms with Crippen molar-refractivity contribution in [1.29, 1.82) is 0 Å². The van der Waals surface area contributed by atoms with Gasteiger partial charge in [0.15, 0.2) is 0 Å². The number of hydrogen-bond acceptors (Lipinski definition) is 4. The first-order valence-corrected chi connectivity index (χ1v) is 9.26. The number of piperidine rings is 1. The Bertz CT molecular complexity index is 763. The van der Waals surface area contributed by atoms with Crippen LogP contribution in [0, 0.1) is 13.8 Å². The van der Waals surface area contributed by atoms with E-state index in [9.17, 15) is 9.90 Å². The number of hydrogen-bond donors (Lipinski definition) is 2. The number of phenolic OH excluding ortho intramolecular Hbond substituents is 1. The fourth-order valence-electron chi connectivity index (χ4n) is 3.62. The van der Waals surface area contributed by atoms with Gasteiger partial charge < -0.3 is 10.4 Å². The van der Waals surface area contributed by atoms with Gasteiger partial charge in [0.05, 0.1) is 5.69 Å².